The molecule has 1 N–H and O–H groups in total. The van der Waals surface area contributed by atoms with Gasteiger partial charge in [0.15, 0.2) is 5.78 Å². The fraction of sp³-hybridized carbons (Fsp3) is 0.286. The molecule has 0 saturated heterocycles. The van der Waals surface area contributed by atoms with Crippen molar-refractivity contribution in [2.45, 2.75) is 25.9 Å². The topological polar surface area (TPSA) is 45.8 Å². The molecule has 0 fully saturated rings. The number of halogens is 3. The molecule has 0 saturated carbocycles. The van der Waals surface area contributed by atoms with Crippen molar-refractivity contribution in [2.24, 2.45) is 0 Å². The van der Waals surface area contributed by atoms with Crippen molar-refractivity contribution in [2.75, 3.05) is 0 Å². The van der Waals surface area contributed by atoms with Gasteiger partial charge in [0.05, 0.1) is 11.1 Å². The van der Waals surface area contributed by atoms with Gasteiger partial charge in [0, 0.05) is 16.8 Å². The average molecular weight is 280 g/mol. The molecule has 1 aliphatic carbocycles. The Morgan fingerprint density at radius 2 is 1.90 bits per heavy atom. The number of ketones is 1. The summed E-state index contributed by atoms with van der Waals surface area (Å²) in [6.45, 7) is 3.71. The number of aromatic nitrogens is 2. The molecule has 1 aromatic carbocycles. The van der Waals surface area contributed by atoms with Crippen molar-refractivity contribution in [1.29, 1.82) is 0 Å². The predicted molar refractivity (Wildman–Crippen MR) is 66.5 cm³/mol. The quantitative estimate of drug-likeness (QED) is 0.737. The summed E-state index contributed by atoms with van der Waals surface area (Å²) in [6, 6.07) is 3.65. The summed E-state index contributed by atoms with van der Waals surface area (Å²) in [5.41, 5.74) is 0.114. The van der Waals surface area contributed by atoms with Crippen LogP contribution in [0.25, 0.3) is 11.3 Å². The van der Waals surface area contributed by atoms with Gasteiger partial charge in [-0.05, 0) is 12.0 Å². The first kappa shape index (κ1) is 12.9. The number of benzene rings is 1. The summed E-state index contributed by atoms with van der Waals surface area (Å²) in [5, 5.41) is 6.63. The van der Waals surface area contributed by atoms with Gasteiger partial charge in [-0.3, -0.25) is 9.89 Å². The van der Waals surface area contributed by atoms with E-state index in [2.05, 4.69) is 10.2 Å². The minimum Gasteiger partial charge on any atom is -0.288 e. The molecule has 6 heteroatoms. The molecule has 0 bridgehead atoms. The molecule has 0 radical (unpaired) electrons. The number of fused-ring (bicyclic) bond motifs is 3. The van der Waals surface area contributed by atoms with Crippen molar-refractivity contribution < 1.29 is 18.0 Å². The van der Waals surface area contributed by atoms with Crippen molar-refractivity contribution in [3.63, 3.8) is 0 Å². The first-order valence-electron chi connectivity index (χ1n) is 6.16. The van der Waals surface area contributed by atoms with E-state index in [1.807, 2.05) is 13.8 Å². The van der Waals surface area contributed by atoms with E-state index in [0.29, 0.717) is 5.69 Å². The Kier molecular flexibility index (Phi) is 2.54. The van der Waals surface area contributed by atoms with Crippen LogP contribution in [-0.2, 0) is 6.18 Å². The van der Waals surface area contributed by atoms with Gasteiger partial charge < -0.3 is 0 Å². The molecule has 0 atom stereocenters. The highest BCUT2D eigenvalue weighted by molar-refractivity contribution is 6.22. The smallest absolute Gasteiger partial charge is 0.288 e. The normalized spacial score (nSPS) is 13.8. The summed E-state index contributed by atoms with van der Waals surface area (Å²) in [6.07, 6.45) is -4.51. The summed E-state index contributed by atoms with van der Waals surface area (Å²) in [7, 11) is 0. The number of nitrogens with zero attached hydrogens (tertiary/aromatic N) is 1. The number of carbonyl (C=O) groups is 1. The predicted octanol–water partition coefficient (Wildman–Crippen LogP) is 3.76. The number of hydrogen-bond acceptors (Lipinski definition) is 2. The van der Waals surface area contributed by atoms with E-state index in [-0.39, 0.29) is 28.3 Å². The highest BCUT2D eigenvalue weighted by Crippen LogP contribution is 2.45. The molecule has 3 rings (SSSR count). The Morgan fingerprint density at radius 3 is 2.50 bits per heavy atom. The largest absolute Gasteiger partial charge is 0.417 e. The van der Waals surface area contributed by atoms with Crippen molar-refractivity contribution in [3.8, 4) is 11.3 Å². The number of H-pyrrole nitrogens is 1. The molecule has 20 heavy (non-hydrogen) atoms. The number of alkyl halides is 3. The summed E-state index contributed by atoms with van der Waals surface area (Å²) < 4.78 is 39.2. The van der Waals surface area contributed by atoms with Gasteiger partial charge in [0.25, 0.3) is 0 Å². The fourth-order valence-electron chi connectivity index (χ4n) is 2.55. The highest BCUT2D eigenvalue weighted by Gasteiger charge is 2.41. The van der Waals surface area contributed by atoms with Gasteiger partial charge in [-0.2, -0.15) is 18.3 Å². The number of aromatic amines is 1. The van der Waals surface area contributed by atoms with Gasteiger partial charge in [-0.15, -0.1) is 0 Å². The zero-order valence-corrected chi connectivity index (χ0v) is 10.8. The number of hydrogen-bond donors (Lipinski definition) is 1. The third kappa shape index (κ3) is 1.60. The second-order valence-corrected chi connectivity index (χ2v) is 5.07. The van der Waals surface area contributed by atoms with Gasteiger partial charge in [0.2, 0.25) is 0 Å². The van der Waals surface area contributed by atoms with Crippen LogP contribution in [-0.4, -0.2) is 16.0 Å². The minimum absolute atomic E-state index is 0.0150. The molecule has 0 amide bonds. The van der Waals surface area contributed by atoms with E-state index in [9.17, 15) is 18.0 Å². The molecule has 1 aromatic heterocycles. The average Bonchev–Trinajstić information content (AvgIpc) is 2.89. The van der Waals surface area contributed by atoms with Crippen LogP contribution >= 0.6 is 0 Å². The molecule has 1 heterocycles. The van der Waals surface area contributed by atoms with Gasteiger partial charge in [-0.25, -0.2) is 0 Å². The standard InChI is InChI=1S/C14H11F3N2O/c1-6(2)11-10-12(19-18-11)9-7(13(10)20)4-3-5-8(9)14(15,16)17/h3-6H,1-2H3,(H,18,19). The van der Waals surface area contributed by atoms with Crippen LogP contribution in [0.3, 0.4) is 0 Å². The van der Waals surface area contributed by atoms with Crippen LogP contribution in [0.1, 0.15) is 46.9 Å². The van der Waals surface area contributed by atoms with Gasteiger partial charge in [0.1, 0.15) is 5.69 Å². The van der Waals surface area contributed by atoms with Gasteiger partial charge in [-0.1, -0.05) is 26.0 Å². The summed E-state index contributed by atoms with van der Waals surface area (Å²) in [4.78, 5) is 12.3. The minimum atomic E-state index is -4.51. The maximum Gasteiger partial charge on any atom is 0.417 e. The fourth-order valence-corrected chi connectivity index (χ4v) is 2.55. The van der Waals surface area contributed by atoms with Crippen LogP contribution in [0.2, 0.25) is 0 Å². The van der Waals surface area contributed by atoms with E-state index in [4.69, 9.17) is 0 Å². The van der Waals surface area contributed by atoms with Gasteiger partial charge >= 0.3 is 6.18 Å². The summed E-state index contributed by atoms with van der Waals surface area (Å²) in [5.74, 6) is -0.405. The number of nitrogens with one attached hydrogen (secondary N) is 1. The van der Waals surface area contributed by atoms with Crippen LogP contribution in [0.15, 0.2) is 18.2 Å². The molecular formula is C14H11F3N2O. The number of carbonyl (C=O) groups excluding carboxylic acids is 1. The number of rotatable bonds is 1. The second kappa shape index (κ2) is 3.94. The first-order valence-corrected chi connectivity index (χ1v) is 6.16. The Labute approximate surface area is 112 Å². The maximum atomic E-state index is 13.1. The SMILES string of the molecule is CC(C)c1[nH]nc2c1C(=O)c1cccc(C(F)(F)F)c1-2. The van der Waals surface area contributed by atoms with E-state index in [0.717, 1.165) is 6.07 Å². The Bertz CT molecular complexity index is 714. The van der Waals surface area contributed by atoms with Crippen molar-refractivity contribution >= 4 is 5.78 Å². The molecule has 3 nitrogen and oxygen atoms in total. The van der Waals surface area contributed by atoms with Crippen LogP contribution in [0.5, 0.6) is 0 Å². The highest BCUT2D eigenvalue weighted by atomic mass is 19.4. The third-order valence-electron chi connectivity index (χ3n) is 3.45. The Hall–Kier alpha value is -2.11. The Balaban J connectivity index is 2.33. The van der Waals surface area contributed by atoms with E-state index >= 15 is 0 Å². The third-order valence-corrected chi connectivity index (χ3v) is 3.45. The lowest BCUT2D eigenvalue weighted by molar-refractivity contribution is -0.137. The summed E-state index contributed by atoms with van der Waals surface area (Å²) >= 11 is 0. The molecule has 0 spiro atoms. The lowest BCUT2D eigenvalue weighted by Crippen LogP contribution is -2.08. The zero-order chi connectivity index (χ0) is 14.7. The van der Waals surface area contributed by atoms with E-state index < -0.39 is 17.5 Å². The molecule has 0 aliphatic heterocycles. The van der Waals surface area contributed by atoms with Crippen LogP contribution in [0, 0.1) is 0 Å². The maximum absolute atomic E-state index is 13.1. The van der Waals surface area contributed by atoms with Crippen molar-refractivity contribution in [1.82, 2.24) is 10.2 Å². The molecule has 2 aromatic rings. The zero-order valence-electron chi connectivity index (χ0n) is 10.8. The molecular weight excluding hydrogens is 269 g/mol. The van der Waals surface area contributed by atoms with Crippen LogP contribution < -0.4 is 0 Å². The van der Waals surface area contributed by atoms with E-state index in [1.54, 1.807) is 0 Å². The molecule has 104 valence electrons. The first-order chi connectivity index (χ1) is 9.32. The van der Waals surface area contributed by atoms with E-state index in [1.165, 1.54) is 12.1 Å². The lowest BCUT2D eigenvalue weighted by Gasteiger charge is -2.10. The molecule has 1 aliphatic rings. The second-order valence-electron chi connectivity index (χ2n) is 5.07. The Morgan fingerprint density at radius 1 is 1.20 bits per heavy atom. The van der Waals surface area contributed by atoms with Crippen LogP contribution in [0.4, 0.5) is 13.2 Å². The lowest BCUT2D eigenvalue weighted by atomic mass is 10.0. The van der Waals surface area contributed by atoms with Crippen molar-refractivity contribution in [3.05, 3.63) is 40.6 Å². The monoisotopic (exact) mass is 280 g/mol. The molecule has 0 unspecified atom stereocenters.